The predicted octanol–water partition coefficient (Wildman–Crippen LogP) is 2.23. The van der Waals surface area contributed by atoms with Crippen molar-refractivity contribution in [3.8, 4) is 0 Å². The van der Waals surface area contributed by atoms with Gasteiger partial charge < -0.3 is 9.47 Å². The van der Waals surface area contributed by atoms with E-state index in [1.807, 2.05) is 0 Å². The lowest BCUT2D eigenvalue weighted by Crippen LogP contribution is -2.29. The maximum atomic E-state index is 5.57. The Labute approximate surface area is 75.2 Å². The van der Waals surface area contributed by atoms with Crippen molar-refractivity contribution in [3.05, 3.63) is 0 Å². The van der Waals surface area contributed by atoms with Gasteiger partial charge in [0.05, 0.1) is 12.7 Å². The smallest absolute Gasteiger partial charge is 0.0811 e. The van der Waals surface area contributed by atoms with Gasteiger partial charge in [0.25, 0.3) is 0 Å². The molecule has 0 aromatic heterocycles. The molecule has 0 radical (unpaired) electrons. The van der Waals surface area contributed by atoms with E-state index in [4.69, 9.17) is 9.47 Å². The largest absolute Gasteiger partial charge is 0.382 e. The molecule has 0 amide bonds. The number of hydrogen-bond donors (Lipinski definition) is 0. The second-order valence-electron chi connectivity index (χ2n) is 3.63. The Hall–Kier alpha value is -0.0800. The van der Waals surface area contributed by atoms with Crippen LogP contribution >= 0.6 is 0 Å². The van der Waals surface area contributed by atoms with Crippen molar-refractivity contribution in [1.82, 2.24) is 0 Å². The molecule has 2 heteroatoms. The van der Waals surface area contributed by atoms with Crippen LogP contribution in [0.4, 0.5) is 0 Å². The fraction of sp³-hybridized carbons (Fsp3) is 1.00. The molecule has 1 saturated heterocycles. The molecule has 72 valence electrons. The summed E-state index contributed by atoms with van der Waals surface area (Å²) in [6.45, 7) is 3.94. The number of ether oxygens (including phenoxy) is 2. The van der Waals surface area contributed by atoms with Crippen molar-refractivity contribution in [2.45, 2.75) is 38.7 Å². The first-order valence-electron chi connectivity index (χ1n) is 4.97. The molecule has 0 aliphatic carbocycles. The molecule has 0 saturated carbocycles. The fourth-order valence-electron chi connectivity index (χ4n) is 1.93. The van der Waals surface area contributed by atoms with Crippen molar-refractivity contribution < 1.29 is 9.47 Å². The summed E-state index contributed by atoms with van der Waals surface area (Å²) in [4.78, 5) is 0. The van der Waals surface area contributed by atoms with E-state index in [1.165, 1.54) is 25.7 Å². The van der Waals surface area contributed by atoms with Crippen LogP contribution in [-0.2, 0) is 9.47 Å². The van der Waals surface area contributed by atoms with Crippen molar-refractivity contribution >= 4 is 0 Å². The van der Waals surface area contributed by atoms with Gasteiger partial charge in [-0.25, -0.2) is 0 Å². The van der Waals surface area contributed by atoms with Gasteiger partial charge in [-0.2, -0.15) is 0 Å². The van der Waals surface area contributed by atoms with Crippen LogP contribution in [0.25, 0.3) is 0 Å². The van der Waals surface area contributed by atoms with E-state index < -0.39 is 0 Å². The first-order valence-corrected chi connectivity index (χ1v) is 4.97. The maximum absolute atomic E-state index is 5.57. The van der Waals surface area contributed by atoms with Gasteiger partial charge in [0, 0.05) is 13.7 Å². The van der Waals surface area contributed by atoms with Gasteiger partial charge in [0.1, 0.15) is 0 Å². The fourth-order valence-corrected chi connectivity index (χ4v) is 1.93. The van der Waals surface area contributed by atoms with E-state index in [1.54, 1.807) is 7.11 Å². The first kappa shape index (κ1) is 10.0. The van der Waals surface area contributed by atoms with Crippen LogP contribution in [-0.4, -0.2) is 26.4 Å². The normalized spacial score (nSPS) is 30.5. The van der Waals surface area contributed by atoms with Gasteiger partial charge in [-0.1, -0.05) is 19.8 Å². The van der Waals surface area contributed by atoms with Crippen molar-refractivity contribution in [3.63, 3.8) is 0 Å². The quantitative estimate of drug-likeness (QED) is 0.647. The zero-order chi connectivity index (χ0) is 8.81. The molecular formula is C10H20O2. The molecule has 0 N–H and O–H groups in total. The molecule has 1 aliphatic rings. The van der Waals surface area contributed by atoms with E-state index >= 15 is 0 Å². The van der Waals surface area contributed by atoms with Crippen molar-refractivity contribution in [1.29, 1.82) is 0 Å². The van der Waals surface area contributed by atoms with E-state index in [2.05, 4.69) is 6.92 Å². The Kier molecular flexibility index (Phi) is 4.62. The summed E-state index contributed by atoms with van der Waals surface area (Å²) in [5.74, 6) is 0.879. The zero-order valence-corrected chi connectivity index (χ0v) is 8.21. The Bertz CT molecular complexity index is 98.4. The van der Waals surface area contributed by atoms with Crippen LogP contribution in [0.1, 0.15) is 32.6 Å². The van der Waals surface area contributed by atoms with E-state index in [0.717, 1.165) is 19.1 Å². The van der Waals surface area contributed by atoms with Gasteiger partial charge >= 0.3 is 0 Å². The van der Waals surface area contributed by atoms with Gasteiger partial charge in [-0.05, 0) is 18.8 Å². The Balaban J connectivity index is 2.20. The molecule has 2 atom stereocenters. The first-order chi connectivity index (χ1) is 5.86. The van der Waals surface area contributed by atoms with Crippen molar-refractivity contribution in [2.24, 2.45) is 5.92 Å². The van der Waals surface area contributed by atoms with Crippen LogP contribution in [0.15, 0.2) is 0 Å². The molecule has 1 aliphatic heterocycles. The zero-order valence-electron chi connectivity index (χ0n) is 8.21. The topological polar surface area (TPSA) is 18.5 Å². The Morgan fingerprint density at radius 2 is 2.33 bits per heavy atom. The van der Waals surface area contributed by atoms with E-state index in [0.29, 0.717) is 6.10 Å². The minimum atomic E-state index is 0.361. The summed E-state index contributed by atoms with van der Waals surface area (Å²) >= 11 is 0. The van der Waals surface area contributed by atoms with Gasteiger partial charge in [0.15, 0.2) is 0 Å². The molecule has 1 heterocycles. The maximum Gasteiger partial charge on any atom is 0.0811 e. The van der Waals surface area contributed by atoms with Crippen LogP contribution in [0.5, 0.6) is 0 Å². The SMILES string of the molecule is CCCC1CCOC(COC)C1. The van der Waals surface area contributed by atoms with Crippen LogP contribution in [0.3, 0.4) is 0 Å². The molecule has 2 unspecified atom stereocenters. The summed E-state index contributed by atoms with van der Waals surface area (Å²) in [6.07, 6.45) is 5.45. The lowest BCUT2D eigenvalue weighted by molar-refractivity contribution is -0.0486. The molecule has 2 nitrogen and oxygen atoms in total. The van der Waals surface area contributed by atoms with E-state index in [9.17, 15) is 0 Å². The number of hydrogen-bond acceptors (Lipinski definition) is 2. The summed E-state index contributed by atoms with van der Waals surface area (Å²) in [7, 11) is 1.74. The number of methoxy groups -OCH3 is 1. The van der Waals surface area contributed by atoms with Gasteiger partial charge in [-0.15, -0.1) is 0 Å². The number of rotatable bonds is 4. The molecule has 12 heavy (non-hydrogen) atoms. The molecule has 0 aromatic carbocycles. The van der Waals surface area contributed by atoms with Crippen LogP contribution < -0.4 is 0 Å². The van der Waals surface area contributed by atoms with E-state index in [-0.39, 0.29) is 0 Å². The molecular weight excluding hydrogens is 152 g/mol. The molecule has 1 rings (SSSR count). The summed E-state index contributed by atoms with van der Waals surface area (Å²) in [6, 6.07) is 0. The standard InChI is InChI=1S/C10H20O2/c1-3-4-9-5-6-12-10(7-9)8-11-2/h9-10H,3-8H2,1-2H3. The third-order valence-corrected chi connectivity index (χ3v) is 2.53. The third-order valence-electron chi connectivity index (χ3n) is 2.53. The molecule has 1 fully saturated rings. The van der Waals surface area contributed by atoms with Crippen LogP contribution in [0, 0.1) is 5.92 Å². The monoisotopic (exact) mass is 172 g/mol. The average Bonchev–Trinajstić information content (AvgIpc) is 2.06. The highest BCUT2D eigenvalue weighted by Crippen LogP contribution is 2.24. The Morgan fingerprint density at radius 3 is 3.00 bits per heavy atom. The molecule has 0 bridgehead atoms. The minimum Gasteiger partial charge on any atom is -0.382 e. The minimum absolute atomic E-state index is 0.361. The lowest BCUT2D eigenvalue weighted by atomic mass is 9.92. The van der Waals surface area contributed by atoms with Gasteiger partial charge in [-0.3, -0.25) is 0 Å². The van der Waals surface area contributed by atoms with Gasteiger partial charge in [0.2, 0.25) is 0 Å². The Morgan fingerprint density at radius 1 is 1.50 bits per heavy atom. The predicted molar refractivity (Wildman–Crippen MR) is 49.2 cm³/mol. The molecule has 0 aromatic rings. The van der Waals surface area contributed by atoms with Crippen LogP contribution in [0.2, 0.25) is 0 Å². The second-order valence-corrected chi connectivity index (χ2v) is 3.63. The van der Waals surface area contributed by atoms with Crippen molar-refractivity contribution in [2.75, 3.05) is 20.3 Å². The highest BCUT2D eigenvalue weighted by molar-refractivity contribution is 4.70. The summed E-state index contributed by atoms with van der Waals surface area (Å²) in [5.41, 5.74) is 0. The highest BCUT2D eigenvalue weighted by Gasteiger charge is 2.21. The third kappa shape index (κ3) is 3.11. The second kappa shape index (κ2) is 5.55. The average molecular weight is 172 g/mol. The lowest BCUT2D eigenvalue weighted by Gasteiger charge is -2.28. The summed E-state index contributed by atoms with van der Waals surface area (Å²) in [5, 5.41) is 0. The summed E-state index contributed by atoms with van der Waals surface area (Å²) < 4.78 is 10.7. The molecule has 0 spiro atoms. The highest BCUT2D eigenvalue weighted by atomic mass is 16.5.